The van der Waals surface area contributed by atoms with E-state index in [1.54, 1.807) is 12.1 Å². The molecule has 1 aliphatic rings. The molecular formula is C19H24ClFO. The van der Waals surface area contributed by atoms with Crippen molar-refractivity contribution in [1.29, 1.82) is 0 Å². The Morgan fingerprint density at radius 3 is 2.23 bits per heavy atom. The maximum absolute atomic E-state index is 13.2. The summed E-state index contributed by atoms with van der Waals surface area (Å²) < 4.78 is 13.2. The average molecular weight is 323 g/mol. The van der Waals surface area contributed by atoms with E-state index in [2.05, 4.69) is 13.8 Å². The van der Waals surface area contributed by atoms with E-state index in [0.717, 1.165) is 49.7 Å². The zero-order valence-corrected chi connectivity index (χ0v) is 14.1. The number of carbonyl (C=O) groups excluding carboxylic acids is 1. The first-order valence-electron chi connectivity index (χ1n) is 8.25. The SMILES string of the molecule is CCCCC1=C(CCCC)[C@@H](c2ccc(F)cc2)[C@@H](Cl)C1=O. The molecule has 0 fully saturated rings. The predicted molar refractivity (Wildman–Crippen MR) is 89.9 cm³/mol. The van der Waals surface area contributed by atoms with Gasteiger partial charge >= 0.3 is 0 Å². The minimum Gasteiger partial charge on any atom is -0.293 e. The summed E-state index contributed by atoms with van der Waals surface area (Å²) in [5.41, 5.74) is 3.07. The molecule has 120 valence electrons. The second-order valence-corrected chi connectivity index (χ2v) is 6.48. The van der Waals surface area contributed by atoms with E-state index in [4.69, 9.17) is 11.6 Å². The highest BCUT2D eigenvalue weighted by Gasteiger charge is 2.40. The van der Waals surface area contributed by atoms with Crippen molar-refractivity contribution in [2.75, 3.05) is 0 Å². The lowest BCUT2D eigenvalue weighted by Gasteiger charge is -2.18. The molecule has 1 aliphatic carbocycles. The van der Waals surface area contributed by atoms with E-state index >= 15 is 0 Å². The normalized spacial score (nSPS) is 21.7. The Morgan fingerprint density at radius 1 is 1.05 bits per heavy atom. The first-order valence-corrected chi connectivity index (χ1v) is 8.69. The Morgan fingerprint density at radius 2 is 1.64 bits per heavy atom. The Kier molecular flexibility index (Phi) is 6.19. The van der Waals surface area contributed by atoms with Crippen LogP contribution >= 0.6 is 11.6 Å². The van der Waals surface area contributed by atoms with E-state index in [1.165, 1.54) is 17.7 Å². The molecule has 0 amide bonds. The number of hydrogen-bond donors (Lipinski definition) is 0. The van der Waals surface area contributed by atoms with Crippen molar-refractivity contribution >= 4 is 17.4 Å². The summed E-state index contributed by atoms with van der Waals surface area (Å²) >= 11 is 6.47. The van der Waals surface area contributed by atoms with Gasteiger partial charge in [-0.1, -0.05) is 44.4 Å². The van der Waals surface area contributed by atoms with Crippen LogP contribution in [0.5, 0.6) is 0 Å². The number of Topliss-reactive ketones (excluding diaryl/α,β-unsaturated/α-hetero) is 1. The van der Waals surface area contributed by atoms with Crippen molar-refractivity contribution in [3.63, 3.8) is 0 Å². The molecule has 0 unspecified atom stereocenters. The Bertz CT molecular complexity index is 547. The highest BCUT2D eigenvalue weighted by atomic mass is 35.5. The number of rotatable bonds is 7. The third-order valence-corrected chi connectivity index (χ3v) is 4.86. The maximum Gasteiger partial charge on any atom is 0.177 e. The van der Waals surface area contributed by atoms with Crippen LogP contribution in [0.1, 0.15) is 63.9 Å². The molecule has 1 aromatic rings. The minimum atomic E-state index is -0.538. The average Bonchev–Trinajstić information content (AvgIpc) is 2.75. The van der Waals surface area contributed by atoms with Crippen LogP contribution in [-0.4, -0.2) is 11.2 Å². The second kappa shape index (κ2) is 7.92. The van der Waals surface area contributed by atoms with Crippen molar-refractivity contribution in [3.8, 4) is 0 Å². The number of alkyl halides is 1. The second-order valence-electron chi connectivity index (χ2n) is 6.01. The highest BCUT2D eigenvalue weighted by Crippen LogP contribution is 2.44. The third-order valence-electron chi connectivity index (χ3n) is 4.41. The van der Waals surface area contributed by atoms with Gasteiger partial charge in [0.05, 0.1) is 0 Å². The van der Waals surface area contributed by atoms with Gasteiger partial charge in [-0.25, -0.2) is 4.39 Å². The molecule has 0 spiro atoms. The van der Waals surface area contributed by atoms with E-state index in [0.29, 0.717) is 0 Å². The molecule has 0 bridgehead atoms. The van der Waals surface area contributed by atoms with Gasteiger partial charge in [-0.3, -0.25) is 4.79 Å². The summed E-state index contributed by atoms with van der Waals surface area (Å²) in [7, 11) is 0. The van der Waals surface area contributed by atoms with Crippen LogP contribution in [0.2, 0.25) is 0 Å². The summed E-state index contributed by atoms with van der Waals surface area (Å²) in [6.45, 7) is 4.27. The van der Waals surface area contributed by atoms with Crippen LogP contribution in [0, 0.1) is 5.82 Å². The molecule has 1 aromatic carbocycles. The largest absolute Gasteiger partial charge is 0.293 e. The lowest BCUT2D eigenvalue weighted by atomic mass is 9.88. The van der Waals surface area contributed by atoms with Crippen LogP contribution in [0.25, 0.3) is 0 Å². The van der Waals surface area contributed by atoms with Crippen LogP contribution in [-0.2, 0) is 4.79 Å². The number of hydrogen-bond acceptors (Lipinski definition) is 1. The summed E-state index contributed by atoms with van der Waals surface area (Å²) in [5, 5.41) is -0.538. The van der Waals surface area contributed by atoms with Crippen molar-refractivity contribution in [1.82, 2.24) is 0 Å². The molecule has 0 saturated carbocycles. The molecule has 0 heterocycles. The number of allylic oxidation sites excluding steroid dienone is 2. The molecule has 0 saturated heterocycles. The van der Waals surface area contributed by atoms with Gasteiger partial charge in [0, 0.05) is 5.92 Å². The molecular weight excluding hydrogens is 299 g/mol. The Labute approximate surface area is 137 Å². The van der Waals surface area contributed by atoms with Crippen molar-refractivity contribution in [2.24, 2.45) is 0 Å². The fraction of sp³-hybridized carbons (Fsp3) is 0.526. The van der Waals surface area contributed by atoms with Gasteiger partial charge in [-0.05, 0) is 49.0 Å². The highest BCUT2D eigenvalue weighted by molar-refractivity contribution is 6.36. The van der Waals surface area contributed by atoms with E-state index in [1.807, 2.05) is 0 Å². The first kappa shape index (κ1) is 17.2. The summed E-state index contributed by atoms with van der Waals surface area (Å²) in [5.74, 6) is -0.270. The van der Waals surface area contributed by atoms with Crippen molar-refractivity contribution in [3.05, 3.63) is 46.8 Å². The standard InChI is InChI=1S/C19H24ClFO/c1-3-5-7-15-16(8-6-4-2)19(22)18(20)17(15)13-9-11-14(21)12-10-13/h9-12,17-18H,3-8H2,1-2H3/t17-,18-/m1/s1. The maximum atomic E-state index is 13.2. The van der Waals surface area contributed by atoms with Gasteiger partial charge < -0.3 is 0 Å². The van der Waals surface area contributed by atoms with Gasteiger partial charge in [0.25, 0.3) is 0 Å². The van der Waals surface area contributed by atoms with Crippen molar-refractivity contribution in [2.45, 2.75) is 63.7 Å². The molecule has 22 heavy (non-hydrogen) atoms. The van der Waals surface area contributed by atoms with Crippen LogP contribution in [0.4, 0.5) is 4.39 Å². The summed E-state index contributed by atoms with van der Waals surface area (Å²) in [6, 6.07) is 6.42. The number of ketones is 1. The number of unbranched alkanes of at least 4 members (excludes halogenated alkanes) is 2. The molecule has 2 atom stereocenters. The predicted octanol–water partition coefficient (Wildman–Crippen LogP) is 5.78. The number of benzene rings is 1. The monoisotopic (exact) mass is 322 g/mol. The zero-order valence-electron chi connectivity index (χ0n) is 13.4. The molecule has 0 aliphatic heterocycles. The van der Waals surface area contributed by atoms with Gasteiger partial charge in [0.1, 0.15) is 11.2 Å². The summed E-state index contributed by atoms with van der Waals surface area (Å²) in [4.78, 5) is 12.6. The molecule has 3 heteroatoms. The van der Waals surface area contributed by atoms with Crippen LogP contribution < -0.4 is 0 Å². The quantitative estimate of drug-likeness (QED) is 0.582. The third kappa shape index (κ3) is 3.60. The lowest BCUT2D eigenvalue weighted by molar-refractivity contribution is -0.114. The molecule has 0 aromatic heterocycles. The molecule has 1 nitrogen and oxygen atoms in total. The van der Waals surface area contributed by atoms with E-state index in [-0.39, 0.29) is 17.5 Å². The first-order chi connectivity index (χ1) is 10.6. The summed E-state index contributed by atoms with van der Waals surface area (Å²) in [6.07, 6.45) is 5.94. The van der Waals surface area contributed by atoms with E-state index in [9.17, 15) is 9.18 Å². The molecule has 0 radical (unpaired) electrons. The van der Waals surface area contributed by atoms with Gasteiger partial charge in [-0.15, -0.1) is 11.6 Å². The zero-order chi connectivity index (χ0) is 16.1. The Hall–Kier alpha value is -1.15. The fourth-order valence-corrected chi connectivity index (χ4v) is 3.62. The molecule has 0 N–H and O–H groups in total. The van der Waals surface area contributed by atoms with Gasteiger partial charge in [0.2, 0.25) is 0 Å². The number of halogens is 2. The van der Waals surface area contributed by atoms with E-state index < -0.39 is 5.38 Å². The van der Waals surface area contributed by atoms with Crippen LogP contribution in [0.15, 0.2) is 35.4 Å². The van der Waals surface area contributed by atoms with Gasteiger partial charge in [0.15, 0.2) is 5.78 Å². The topological polar surface area (TPSA) is 17.1 Å². The fourth-order valence-electron chi connectivity index (χ4n) is 3.19. The molecule has 2 rings (SSSR count). The lowest BCUT2D eigenvalue weighted by Crippen LogP contribution is -2.16. The Balaban J connectivity index is 2.37. The number of carbonyl (C=O) groups is 1. The van der Waals surface area contributed by atoms with Crippen LogP contribution in [0.3, 0.4) is 0 Å². The minimum absolute atomic E-state index is 0.0792. The van der Waals surface area contributed by atoms with Crippen molar-refractivity contribution < 1.29 is 9.18 Å². The smallest absolute Gasteiger partial charge is 0.177 e. The van der Waals surface area contributed by atoms with Gasteiger partial charge in [-0.2, -0.15) is 0 Å².